The fourth-order valence-electron chi connectivity index (χ4n) is 3.62. The quantitative estimate of drug-likeness (QED) is 0.753. The van der Waals surface area contributed by atoms with Crippen LogP contribution in [0.5, 0.6) is 0 Å². The molecule has 0 spiro atoms. The van der Waals surface area contributed by atoms with Crippen LogP contribution in [-0.4, -0.2) is 19.1 Å². The summed E-state index contributed by atoms with van der Waals surface area (Å²) >= 11 is 0. The summed E-state index contributed by atoms with van der Waals surface area (Å²) in [4.78, 5) is 0. The van der Waals surface area contributed by atoms with Crippen LogP contribution in [0.2, 0.25) is 0 Å². The van der Waals surface area contributed by atoms with Crippen LogP contribution >= 0.6 is 0 Å². The van der Waals surface area contributed by atoms with E-state index in [1.54, 1.807) is 0 Å². The zero-order valence-electron chi connectivity index (χ0n) is 10.8. The van der Waals surface area contributed by atoms with Crippen molar-refractivity contribution in [3.63, 3.8) is 0 Å². The number of nitrogens with one attached hydrogen (secondary N) is 1. The highest BCUT2D eigenvalue weighted by Gasteiger charge is 2.32. The second kappa shape index (κ2) is 5.50. The fraction of sp³-hybridized carbons (Fsp3) is 1.00. The van der Waals surface area contributed by atoms with Crippen LogP contribution in [0.25, 0.3) is 0 Å². The van der Waals surface area contributed by atoms with Crippen molar-refractivity contribution in [1.29, 1.82) is 0 Å². The van der Waals surface area contributed by atoms with Gasteiger partial charge in [0.15, 0.2) is 0 Å². The molecule has 0 aromatic heterocycles. The lowest BCUT2D eigenvalue weighted by Crippen LogP contribution is -2.38. The third-order valence-corrected chi connectivity index (χ3v) is 5.04. The van der Waals surface area contributed by atoms with E-state index in [1.165, 1.54) is 57.9 Å². The second-order valence-electron chi connectivity index (χ2n) is 6.05. The second-order valence-corrected chi connectivity index (χ2v) is 6.05. The van der Waals surface area contributed by atoms with Gasteiger partial charge in [-0.2, -0.15) is 0 Å². The number of hydrogen-bond acceptors (Lipinski definition) is 2. The molecule has 3 N–H and O–H groups in total. The maximum atomic E-state index is 6.10. The smallest absolute Gasteiger partial charge is 0.00792 e. The monoisotopic (exact) mass is 224 g/mol. The Hall–Kier alpha value is -0.0800. The highest BCUT2D eigenvalue weighted by atomic mass is 14.9. The maximum Gasteiger partial charge on any atom is 0.00792 e. The van der Waals surface area contributed by atoms with Crippen LogP contribution in [0.4, 0.5) is 0 Å². The molecule has 2 unspecified atom stereocenters. The highest BCUT2D eigenvalue weighted by Crippen LogP contribution is 2.40. The van der Waals surface area contributed by atoms with Crippen LogP contribution < -0.4 is 11.1 Å². The molecule has 0 bridgehead atoms. The van der Waals surface area contributed by atoms with Crippen molar-refractivity contribution in [1.82, 2.24) is 5.32 Å². The molecule has 2 fully saturated rings. The summed E-state index contributed by atoms with van der Waals surface area (Å²) in [5.74, 6) is 0.746. The average molecular weight is 224 g/mol. The molecule has 94 valence electrons. The van der Waals surface area contributed by atoms with Gasteiger partial charge < -0.3 is 11.1 Å². The van der Waals surface area contributed by atoms with Crippen LogP contribution in [0.15, 0.2) is 0 Å². The lowest BCUT2D eigenvalue weighted by atomic mass is 9.83. The molecular formula is C14H28N2. The van der Waals surface area contributed by atoms with Crippen molar-refractivity contribution in [3.05, 3.63) is 0 Å². The summed E-state index contributed by atoms with van der Waals surface area (Å²) in [6, 6.07) is 0.466. The summed E-state index contributed by atoms with van der Waals surface area (Å²) in [6.45, 7) is 4.74. The molecule has 0 radical (unpaired) electrons. The Balaban J connectivity index is 1.70. The molecule has 0 aromatic carbocycles. The highest BCUT2D eigenvalue weighted by molar-refractivity contribution is 4.87. The minimum absolute atomic E-state index is 0.466. The topological polar surface area (TPSA) is 38.0 Å². The summed E-state index contributed by atoms with van der Waals surface area (Å²) in [5, 5.41) is 3.71. The molecule has 2 rings (SSSR count). The third kappa shape index (κ3) is 2.78. The van der Waals surface area contributed by atoms with Gasteiger partial charge in [-0.25, -0.2) is 0 Å². The summed E-state index contributed by atoms with van der Waals surface area (Å²) in [5.41, 5.74) is 6.73. The fourth-order valence-corrected chi connectivity index (χ4v) is 3.62. The standard InChI is InChI=1S/C14H28N2/c1-2-14(8-3-4-9-14)11-16-10-12-6-5-7-13(12)15/h12-13,16H,2-11,15H2,1H3. The van der Waals surface area contributed by atoms with Crippen LogP contribution in [0, 0.1) is 11.3 Å². The SMILES string of the molecule is CCC1(CNCC2CCCC2N)CCCC1. The first-order valence-electron chi connectivity index (χ1n) is 7.22. The van der Waals surface area contributed by atoms with Gasteiger partial charge in [0.1, 0.15) is 0 Å². The Labute approximate surface area is 100 Å². The van der Waals surface area contributed by atoms with Crippen molar-refractivity contribution < 1.29 is 0 Å². The van der Waals surface area contributed by atoms with E-state index in [2.05, 4.69) is 12.2 Å². The Kier molecular flexibility index (Phi) is 4.26. The van der Waals surface area contributed by atoms with Crippen molar-refractivity contribution in [2.75, 3.05) is 13.1 Å². The molecule has 0 aliphatic heterocycles. The molecule has 2 saturated carbocycles. The van der Waals surface area contributed by atoms with E-state index in [-0.39, 0.29) is 0 Å². The molecule has 0 saturated heterocycles. The van der Waals surface area contributed by atoms with Crippen LogP contribution in [0.1, 0.15) is 58.3 Å². The Bertz CT molecular complexity index is 209. The predicted molar refractivity (Wildman–Crippen MR) is 69.4 cm³/mol. The van der Waals surface area contributed by atoms with E-state index in [0.29, 0.717) is 11.5 Å². The third-order valence-electron chi connectivity index (χ3n) is 5.04. The zero-order chi connectivity index (χ0) is 11.4. The first-order valence-corrected chi connectivity index (χ1v) is 7.22. The minimum Gasteiger partial charge on any atom is -0.327 e. The van der Waals surface area contributed by atoms with Gasteiger partial charge in [-0.05, 0) is 50.0 Å². The van der Waals surface area contributed by atoms with Crippen molar-refractivity contribution >= 4 is 0 Å². The lowest BCUT2D eigenvalue weighted by Gasteiger charge is -2.29. The molecule has 2 atom stereocenters. The molecule has 0 heterocycles. The van der Waals surface area contributed by atoms with Crippen molar-refractivity contribution in [2.24, 2.45) is 17.1 Å². The normalized spacial score (nSPS) is 33.4. The zero-order valence-corrected chi connectivity index (χ0v) is 10.8. The Morgan fingerprint density at radius 2 is 1.94 bits per heavy atom. The summed E-state index contributed by atoms with van der Waals surface area (Å²) < 4.78 is 0. The van der Waals surface area contributed by atoms with Gasteiger partial charge in [-0.1, -0.05) is 26.2 Å². The Morgan fingerprint density at radius 1 is 1.19 bits per heavy atom. The van der Waals surface area contributed by atoms with E-state index in [4.69, 9.17) is 5.73 Å². The van der Waals surface area contributed by atoms with Crippen molar-refractivity contribution in [2.45, 2.75) is 64.3 Å². The van der Waals surface area contributed by atoms with E-state index in [0.717, 1.165) is 12.5 Å². The number of rotatable bonds is 5. The molecule has 0 amide bonds. The van der Waals surface area contributed by atoms with Gasteiger partial charge in [0.2, 0.25) is 0 Å². The molecular weight excluding hydrogens is 196 g/mol. The largest absolute Gasteiger partial charge is 0.327 e. The predicted octanol–water partition coefficient (Wildman–Crippen LogP) is 2.67. The molecule has 2 nitrogen and oxygen atoms in total. The summed E-state index contributed by atoms with van der Waals surface area (Å²) in [6.07, 6.45) is 11.0. The summed E-state index contributed by atoms with van der Waals surface area (Å²) in [7, 11) is 0. The average Bonchev–Trinajstić information content (AvgIpc) is 2.90. The molecule has 0 aromatic rings. The van der Waals surface area contributed by atoms with Gasteiger partial charge in [-0.15, -0.1) is 0 Å². The molecule has 2 aliphatic rings. The van der Waals surface area contributed by atoms with Gasteiger partial charge in [0.05, 0.1) is 0 Å². The van der Waals surface area contributed by atoms with Crippen molar-refractivity contribution in [3.8, 4) is 0 Å². The Morgan fingerprint density at radius 3 is 2.50 bits per heavy atom. The van der Waals surface area contributed by atoms with Crippen LogP contribution in [-0.2, 0) is 0 Å². The lowest BCUT2D eigenvalue weighted by molar-refractivity contribution is 0.260. The first-order chi connectivity index (χ1) is 7.76. The van der Waals surface area contributed by atoms with Gasteiger partial charge in [0, 0.05) is 12.6 Å². The van der Waals surface area contributed by atoms with Gasteiger partial charge in [-0.3, -0.25) is 0 Å². The van der Waals surface area contributed by atoms with E-state index in [9.17, 15) is 0 Å². The van der Waals surface area contributed by atoms with E-state index < -0.39 is 0 Å². The maximum absolute atomic E-state index is 6.10. The number of hydrogen-bond donors (Lipinski definition) is 2. The van der Waals surface area contributed by atoms with Gasteiger partial charge >= 0.3 is 0 Å². The van der Waals surface area contributed by atoms with Crippen LogP contribution in [0.3, 0.4) is 0 Å². The van der Waals surface area contributed by atoms with E-state index in [1.807, 2.05) is 0 Å². The molecule has 2 aliphatic carbocycles. The number of nitrogens with two attached hydrogens (primary N) is 1. The first kappa shape index (κ1) is 12.4. The minimum atomic E-state index is 0.466. The molecule has 16 heavy (non-hydrogen) atoms. The van der Waals surface area contributed by atoms with Gasteiger partial charge in [0.25, 0.3) is 0 Å². The molecule has 2 heteroatoms. The van der Waals surface area contributed by atoms with E-state index >= 15 is 0 Å².